The second-order valence-corrected chi connectivity index (χ2v) is 9.86. The summed E-state index contributed by atoms with van der Waals surface area (Å²) < 4.78 is 0. The Labute approximate surface area is 215 Å². The van der Waals surface area contributed by atoms with Crippen LogP contribution in [0.15, 0.2) is 91.0 Å². The molecule has 1 unspecified atom stereocenters. The minimum absolute atomic E-state index is 0.0116. The van der Waals surface area contributed by atoms with Crippen LogP contribution in [0.2, 0.25) is 0 Å². The number of piperidine rings is 1. The summed E-state index contributed by atoms with van der Waals surface area (Å²) in [6.45, 7) is 4.35. The van der Waals surface area contributed by atoms with Crippen molar-refractivity contribution < 1.29 is 9.59 Å². The van der Waals surface area contributed by atoms with Crippen molar-refractivity contribution in [2.24, 2.45) is 0 Å². The van der Waals surface area contributed by atoms with E-state index in [0.717, 1.165) is 44.6 Å². The normalized spacial score (nSPS) is 16.2. The predicted octanol–water partition coefficient (Wildman–Crippen LogP) is 5.34. The summed E-state index contributed by atoms with van der Waals surface area (Å²) in [5.74, 6) is 0.293. The Bertz CT molecular complexity index is 1110. The van der Waals surface area contributed by atoms with Crippen molar-refractivity contribution in [3.05, 3.63) is 102 Å². The van der Waals surface area contributed by atoms with Crippen molar-refractivity contribution in [2.45, 2.75) is 44.1 Å². The number of hydrogen-bond acceptors (Lipinski definition) is 3. The molecule has 1 heterocycles. The van der Waals surface area contributed by atoms with Gasteiger partial charge in [0.15, 0.2) is 0 Å². The van der Waals surface area contributed by atoms with Gasteiger partial charge < -0.3 is 15.1 Å². The van der Waals surface area contributed by atoms with E-state index < -0.39 is 0 Å². The topological polar surface area (TPSA) is 52.7 Å². The van der Waals surface area contributed by atoms with Crippen molar-refractivity contribution in [3.8, 4) is 0 Å². The number of nitrogens with zero attached hydrogens (tertiary/aromatic N) is 2. The maximum Gasteiger partial charge on any atom is 0.227 e. The van der Waals surface area contributed by atoms with E-state index in [-0.39, 0.29) is 23.3 Å². The highest BCUT2D eigenvalue weighted by molar-refractivity contribution is 5.93. The quantitative estimate of drug-likeness (QED) is 0.447. The van der Waals surface area contributed by atoms with Gasteiger partial charge in [-0.1, -0.05) is 78.9 Å². The number of anilines is 1. The van der Waals surface area contributed by atoms with Crippen molar-refractivity contribution in [2.75, 3.05) is 31.6 Å². The molecule has 0 aliphatic carbocycles. The molecule has 0 radical (unpaired) electrons. The van der Waals surface area contributed by atoms with E-state index in [4.69, 9.17) is 0 Å². The summed E-state index contributed by atoms with van der Waals surface area (Å²) in [7, 11) is 1.86. The Kier molecular flexibility index (Phi) is 8.55. The smallest absolute Gasteiger partial charge is 0.227 e. The van der Waals surface area contributed by atoms with E-state index >= 15 is 0 Å². The molecule has 1 atom stereocenters. The first-order chi connectivity index (χ1) is 17.5. The zero-order valence-electron chi connectivity index (χ0n) is 21.4. The van der Waals surface area contributed by atoms with Gasteiger partial charge in [0.2, 0.25) is 11.8 Å². The molecule has 188 valence electrons. The van der Waals surface area contributed by atoms with E-state index in [1.54, 1.807) is 11.8 Å². The molecule has 3 aromatic rings. The molecule has 0 saturated carbocycles. The van der Waals surface area contributed by atoms with Crippen molar-refractivity contribution in [1.82, 2.24) is 10.2 Å². The van der Waals surface area contributed by atoms with Crippen LogP contribution < -0.4 is 10.2 Å². The first-order valence-corrected chi connectivity index (χ1v) is 12.9. The Hall–Kier alpha value is -3.44. The van der Waals surface area contributed by atoms with Crippen molar-refractivity contribution in [3.63, 3.8) is 0 Å². The molecule has 1 N–H and O–H groups in total. The molecule has 5 heteroatoms. The minimum atomic E-state index is -0.309. The van der Waals surface area contributed by atoms with Gasteiger partial charge in [0, 0.05) is 39.2 Å². The molecule has 5 nitrogen and oxygen atoms in total. The van der Waals surface area contributed by atoms with Crippen molar-refractivity contribution >= 4 is 17.5 Å². The lowest BCUT2D eigenvalue weighted by atomic mass is 9.80. The van der Waals surface area contributed by atoms with Gasteiger partial charge in [0.25, 0.3) is 0 Å². The number of benzene rings is 3. The minimum Gasteiger partial charge on any atom is -0.347 e. The number of nitrogens with one attached hydrogen (secondary N) is 1. The number of carbonyl (C=O) groups is 2. The summed E-state index contributed by atoms with van der Waals surface area (Å²) >= 11 is 0. The first-order valence-electron chi connectivity index (χ1n) is 12.9. The van der Waals surface area contributed by atoms with E-state index in [1.165, 1.54) is 11.1 Å². The average Bonchev–Trinajstić information content (AvgIpc) is 2.92. The van der Waals surface area contributed by atoms with Crippen LogP contribution in [-0.4, -0.2) is 43.4 Å². The monoisotopic (exact) mass is 483 g/mol. The summed E-state index contributed by atoms with van der Waals surface area (Å²) in [5, 5.41) is 3.26. The summed E-state index contributed by atoms with van der Waals surface area (Å²) in [4.78, 5) is 29.5. The third-order valence-corrected chi connectivity index (χ3v) is 7.45. The molecule has 0 aromatic heterocycles. The molecule has 1 aliphatic rings. The lowest BCUT2D eigenvalue weighted by Gasteiger charge is -2.43. The SMILES string of the molecule is CC(=O)NC1(c2ccccc2)CCN(CCC(CC(=O)N(C)c2ccccc2)c2ccccc2)CC1. The molecule has 0 bridgehead atoms. The van der Waals surface area contributed by atoms with Gasteiger partial charge in [-0.3, -0.25) is 9.59 Å². The lowest BCUT2D eigenvalue weighted by molar-refractivity contribution is -0.121. The highest BCUT2D eigenvalue weighted by Gasteiger charge is 2.37. The van der Waals surface area contributed by atoms with Crippen LogP contribution in [-0.2, 0) is 15.1 Å². The van der Waals surface area contributed by atoms with Gasteiger partial charge >= 0.3 is 0 Å². The van der Waals surface area contributed by atoms with Gasteiger partial charge in [0.1, 0.15) is 0 Å². The number of carbonyl (C=O) groups excluding carboxylic acids is 2. The van der Waals surface area contributed by atoms with E-state index in [0.29, 0.717) is 6.42 Å². The van der Waals surface area contributed by atoms with Crippen LogP contribution in [0.3, 0.4) is 0 Å². The molecule has 2 amide bonds. The zero-order valence-corrected chi connectivity index (χ0v) is 21.4. The Morgan fingerprint density at radius 3 is 2.03 bits per heavy atom. The summed E-state index contributed by atoms with van der Waals surface area (Å²) in [6.07, 6.45) is 3.14. The van der Waals surface area contributed by atoms with Gasteiger partial charge in [-0.2, -0.15) is 0 Å². The maximum atomic E-state index is 13.2. The number of likely N-dealkylation sites (tertiary alicyclic amines) is 1. The summed E-state index contributed by atoms with van der Waals surface area (Å²) in [5.41, 5.74) is 3.00. The van der Waals surface area contributed by atoms with Crippen molar-refractivity contribution in [1.29, 1.82) is 0 Å². The Balaban J connectivity index is 1.41. The average molecular weight is 484 g/mol. The highest BCUT2D eigenvalue weighted by Crippen LogP contribution is 2.34. The van der Waals surface area contributed by atoms with E-state index in [1.807, 2.05) is 61.6 Å². The maximum absolute atomic E-state index is 13.2. The molecule has 1 aliphatic heterocycles. The third-order valence-electron chi connectivity index (χ3n) is 7.45. The van der Waals surface area contributed by atoms with E-state index in [2.05, 4.69) is 46.6 Å². The molecular weight excluding hydrogens is 446 g/mol. The molecule has 0 spiro atoms. The fourth-order valence-electron chi connectivity index (χ4n) is 5.33. The fraction of sp³-hybridized carbons (Fsp3) is 0.355. The van der Waals surface area contributed by atoms with Crippen LogP contribution in [0.5, 0.6) is 0 Å². The van der Waals surface area contributed by atoms with Gasteiger partial charge in [-0.15, -0.1) is 0 Å². The van der Waals surface area contributed by atoms with Crippen LogP contribution in [0.25, 0.3) is 0 Å². The van der Waals surface area contributed by atoms with Gasteiger partial charge in [0.05, 0.1) is 5.54 Å². The van der Waals surface area contributed by atoms with Crippen LogP contribution >= 0.6 is 0 Å². The molecule has 4 rings (SSSR count). The third kappa shape index (κ3) is 6.41. The number of hydrogen-bond donors (Lipinski definition) is 1. The van der Waals surface area contributed by atoms with E-state index in [9.17, 15) is 9.59 Å². The summed E-state index contributed by atoms with van der Waals surface area (Å²) in [6, 6.07) is 30.5. The molecule has 1 fully saturated rings. The first kappa shape index (κ1) is 25.6. The van der Waals surface area contributed by atoms with Crippen LogP contribution in [0.1, 0.15) is 49.7 Å². The van der Waals surface area contributed by atoms with Crippen LogP contribution in [0, 0.1) is 0 Å². The lowest BCUT2D eigenvalue weighted by Crippen LogP contribution is -2.52. The molecule has 36 heavy (non-hydrogen) atoms. The Morgan fingerprint density at radius 2 is 1.44 bits per heavy atom. The molecule has 3 aromatic carbocycles. The number of para-hydroxylation sites is 1. The van der Waals surface area contributed by atoms with Gasteiger partial charge in [-0.25, -0.2) is 0 Å². The predicted molar refractivity (Wildman–Crippen MR) is 146 cm³/mol. The molecular formula is C31H37N3O2. The largest absolute Gasteiger partial charge is 0.347 e. The Morgan fingerprint density at radius 1 is 0.889 bits per heavy atom. The second kappa shape index (κ2) is 12.0. The fourth-order valence-corrected chi connectivity index (χ4v) is 5.33. The van der Waals surface area contributed by atoms with Crippen LogP contribution in [0.4, 0.5) is 5.69 Å². The molecule has 1 saturated heterocycles. The standard InChI is InChI=1S/C31H37N3O2/c1-25(35)32-31(28-14-8-4-9-15-28)19-22-34(23-20-31)21-18-27(26-12-6-3-7-13-26)24-30(36)33(2)29-16-10-5-11-17-29/h3-17,27H,18-24H2,1-2H3,(H,32,35). The number of rotatable bonds is 9. The zero-order chi connectivity index (χ0) is 25.4. The second-order valence-electron chi connectivity index (χ2n) is 9.86. The highest BCUT2D eigenvalue weighted by atomic mass is 16.2. The van der Waals surface area contributed by atoms with Gasteiger partial charge in [-0.05, 0) is 55.0 Å². The number of amides is 2.